The molecular formula is C22H25FN4O2S. The second kappa shape index (κ2) is 8.57. The minimum atomic E-state index is -0.272. The van der Waals surface area contributed by atoms with Gasteiger partial charge in [0.2, 0.25) is 0 Å². The summed E-state index contributed by atoms with van der Waals surface area (Å²) in [5, 5.41) is 4.73. The first-order valence-corrected chi connectivity index (χ1v) is 10.3. The van der Waals surface area contributed by atoms with E-state index in [1.165, 1.54) is 12.1 Å². The van der Waals surface area contributed by atoms with Crippen LogP contribution in [0.5, 0.6) is 11.5 Å². The molecule has 1 saturated heterocycles. The van der Waals surface area contributed by atoms with Gasteiger partial charge in [-0.25, -0.2) is 9.07 Å². The SMILES string of the molecule is COc1ccc(OC)c(C2CCCN2Cn2nc(-c3ccc(F)cc3)n(C)c2=S)c1. The molecule has 3 aromatic rings. The lowest BCUT2D eigenvalue weighted by molar-refractivity contribution is 0.186. The average Bonchev–Trinajstić information content (AvgIpc) is 3.34. The first kappa shape index (κ1) is 20.6. The van der Waals surface area contributed by atoms with E-state index in [2.05, 4.69) is 4.90 Å². The maximum atomic E-state index is 13.3. The van der Waals surface area contributed by atoms with Crippen molar-refractivity contribution in [3.63, 3.8) is 0 Å². The second-order valence-electron chi connectivity index (χ2n) is 7.39. The molecular weight excluding hydrogens is 403 g/mol. The van der Waals surface area contributed by atoms with Gasteiger partial charge in [0.15, 0.2) is 10.6 Å². The molecule has 0 aliphatic carbocycles. The lowest BCUT2D eigenvalue weighted by atomic mass is 10.0. The van der Waals surface area contributed by atoms with E-state index in [1.54, 1.807) is 26.4 Å². The average molecular weight is 429 g/mol. The standard InChI is InChI=1S/C22H25FN4O2S/c1-25-21(15-6-8-16(23)9-7-15)24-27(22(25)30)14-26-12-4-5-19(26)18-13-17(28-2)10-11-20(18)29-3/h6-11,13,19H,4-5,12,14H2,1-3H3. The Balaban J connectivity index is 1.64. The summed E-state index contributed by atoms with van der Waals surface area (Å²) < 4.78 is 28.7. The maximum absolute atomic E-state index is 13.3. The predicted octanol–water partition coefficient (Wildman–Crippen LogP) is 4.57. The molecule has 0 N–H and O–H groups in total. The zero-order valence-corrected chi connectivity index (χ0v) is 18.2. The van der Waals surface area contributed by atoms with Crippen LogP contribution in [-0.2, 0) is 13.7 Å². The summed E-state index contributed by atoms with van der Waals surface area (Å²) in [6.45, 7) is 1.51. The number of rotatable bonds is 6. The molecule has 1 unspecified atom stereocenters. The van der Waals surface area contributed by atoms with Crippen molar-refractivity contribution in [3.8, 4) is 22.9 Å². The van der Waals surface area contributed by atoms with Gasteiger partial charge in [0.1, 0.15) is 17.3 Å². The molecule has 2 aromatic carbocycles. The van der Waals surface area contributed by atoms with Crippen molar-refractivity contribution < 1.29 is 13.9 Å². The van der Waals surface area contributed by atoms with E-state index in [-0.39, 0.29) is 11.9 Å². The third kappa shape index (κ3) is 3.85. The Morgan fingerprint density at radius 3 is 2.60 bits per heavy atom. The van der Waals surface area contributed by atoms with Crippen molar-refractivity contribution in [2.75, 3.05) is 20.8 Å². The number of ether oxygens (including phenoxy) is 2. The Hall–Kier alpha value is -2.71. The van der Waals surface area contributed by atoms with Gasteiger partial charge in [0.25, 0.3) is 0 Å². The number of methoxy groups -OCH3 is 2. The van der Waals surface area contributed by atoms with Crippen LogP contribution in [0.15, 0.2) is 42.5 Å². The number of halogens is 1. The minimum Gasteiger partial charge on any atom is -0.497 e. The van der Waals surface area contributed by atoms with Gasteiger partial charge >= 0.3 is 0 Å². The van der Waals surface area contributed by atoms with E-state index in [9.17, 15) is 4.39 Å². The molecule has 2 heterocycles. The molecule has 8 heteroatoms. The Kier molecular flexibility index (Phi) is 5.87. The molecule has 30 heavy (non-hydrogen) atoms. The third-order valence-electron chi connectivity index (χ3n) is 5.62. The molecule has 0 spiro atoms. The minimum absolute atomic E-state index is 0.188. The molecule has 0 amide bonds. The molecule has 4 rings (SSSR count). The molecule has 0 bridgehead atoms. The number of hydrogen-bond donors (Lipinski definition) is 0. The number of hydrogen-bond acceptors (Lipinski definition) is 5. The van der Waals surface area contributed by atoms with Crippen LogP contribution in [0, 0.1) is 10.6 Å². The van der Waals surface area contributed by atoms with E-state index in [0.717, 1.165) is 47.8 Å². The van der Waals surface area contributed by atoms with E-state index in [0.29, 0.717) is 11.4 Å². The molecule has 1 aliphatic heterocycles. The van der Waals surface area contributed by atoms with E-state index in [1.807, 2.05) is 34.5 Å². The van der Waals surface area contributed by atoms with Crippen molar-refractivity contribution >= 4 is 12.2 Å². The Morgan fingerprint density at radius 1 is 1.13 bits per heavy atom. The highest BCUT2D eigenvalue weighted by Crippen LogP contribution is 2.39. The second-order valence-corrected chi connectivity index (χ2v) is 7.76. The lowest BCUT2D eigenvalue weighted by Gasteiger charge is -2.26. The number of nitrogens with zero attached hydrogens (tertiary/aromatic N) is 4. The Bertz CT molecular complexity index is 1090. The maximum Gasteiger partial charge on any atom is 0.199 e. The number of likely N-dealkylation sites (tertiary alicyclic amines) is 1. The summed E-state index contributed by atoms with van der Waals surface area (Å²) in [6.07, 6.45) is 2.10. The summed E-state index contributed by atoms with van der Waals surface area (Å²) in [7, 11) is 5.24. The number of aromatic nitrogens is 3. The van der Waals surface area contributed by atoms with E-state index < -0.39 is 0 Å². The lowest BCUT2D eigenvalue weighted by Crippen LogP contribution is -2.27. The molecule has 0 radical (unpaired) electrons. The molecule has 1 aromatic heterocycles. The molecule has 1 atom stereocenters. The Labute approximate surface area is 180 Å². The van der Waals surface area contributed by atoms with Gasteiger partial charge in [-0.3, -0.25) is 4.90 Å². The normalized spacial score (nSPS) is 16.7. The van der Waals surface area contributed by atoms with Crippen LogP contribution in [0.3, 0.4) is 0 Å². The molecule has 0 saturated carbocycles. The fraction of sp³-hybridized carbons (Fsp3) is 0.364. The number of benzene rings is 2. The van der Waals surface area contributed by atoms with Crippen LogP contribution in [0.25, 0.3) is 11.4 Å². The summed E-state index contributed by atoms with van der Waals surface area (Å²) in [6, 6.07) is 12.4. The third-order valence-corrected chi connectivity index (χ3v) is 6.10. The van der Waals surface area contributed by atoms with Crippen molar-refractivity contribution in [3.05, 3.63) is 58.6 Å². The van der Waals surface area contributed by atoms with Crippen molar-refractivity contribution in [1.82, 2.24) is 19.2 Å². The van der Waals surface area contributed by atoms with Gasteiger partial charge in [-0.15, -0.1) is 0 Å². The highest BCUT2D eigenvalue weighted by molar-refractivity contribution is 7.71. The zero-order chi connectivity index (χ0) is 21.3. The highest BCUT2D eigenvalue weighted by Gasteiger charge is 2.29. The van der Waals surface area contributed by atoms with Crippen LogP contribution in [0.4, 0.5) is 4.39 Å². The van der Waals surface area contributed by atoms with Crippen LogP contribution in [-0.4, -0.2) is 40.0 Å². The molecule has 6 nitrogen and oxygen atoms in total. The van der Waals surface area contributed by atoms with Crippen LogP contribution in [0.1, 0.15) is 24.4 Å². The Morgan fingerprint density at radius 2 is 1.90 bits per heavy atom. The van der Waals surface area contributed by atoms with Crippen LogP contribution >= 0.6 is 12.2 Å². The van der Waals surface area contributed by atoms with E-state index >= 15 is 0 Å². The van der Waals surface area contributed by atoms with Gasteiger partial charge in [-0.2, -0.15) is 5.10 Å². The van der Waals surface area contributed by atoms with Crippen LogP contribution < -0.4 is 9.47 Å². The highest BCUT2D eigenvalue weighted by atomic mass is 32.1. The van der Waals surface area contributed by atoms with Gasteiger partial charge in [-0.05, 0) is 67.5 Å². The van der Waals surface area contributed by atoms with Gasteiger partial charge < -0.3 is 14.0 Å². The van der Waals surface area contributed by atoms with Crippen LogP contribution in [0.2, 0.25) is 0 Å². The molecule has 1 aliphatic rings. The first-order chi connectivity index (χ1) is 14.5. The van der Waals surface area contributed by atoms with Crippen molar-refractivity contribution in [2.24, 2.45) is 7.05 Å². The quantitative estimate of drug-likeness (QED) is 0.538. The monoisotopic (exact) mass is 428 g/mol. The first-order valence-electron chi connectivity index (χ1n) is 9.87. The van der Waals surface area contributed by atoms with Crippen molar-refractivity contribution in [2.45, 2.75) is 25.6 Å². The molecule has 158 valence electrons. The van der Waals surface area contributed by atoms with Gasteiger partial charge in [0.05, 0.1) is 20.9 Å². The predicted molar refractivity (Wildman–Crippen MR) is 116 cm³/mol. The van der Waals surface area contributed by atoms with Crippen molar-refractivity contribution in [1.29, 1.82) is 0 Å². The molecule has 1 fully saturated rings. The smallest absolute Gasteiger partial charge is 0.199 e. The summed E-state index contributed by atoms with van der Waals surface area (Å²) in [5.41, 5.74) is 1.94. The summed E-state index contributed by atoms with van der Waals surface area (Å²) in [4.78, 5) is 2.36. The van der Waals surface area contributed by atoms with E-state index in [4.69, 9.17) is 26.8 Å². The summed E-state index contributed by atoms with van der Waals surface area (Å²) in [5.74, 6) is 2.11. The zero-order valence-electron chi connectivity index (χ0n) is 17.3. The van der Waals surface area contributed by atoms with Gasteiger partial charge in [0, 0.05) is 30.8 Å². The largest absolute Gasteiger partial charge is 0.497 e. The summed E-state index contributed by atoms with van der Waals surface area (Å²) >= 11 is 5.64. The fourth-order valence-electron chi connectivity index (χ4n) is 4.05. The van der Waals surface area contributed by atoms with Gasteiger partial charge in [-0.1, -0.05) is 0 Å². The fourth-order valence-corrected chi connectivity index (χ4v) is 4.23. The topological polar surface area (TPSA) is 44.5 Å².